The van der Waals surface area contributed by atoms with Gasteiger partial charge in [-0.05, 0) is 12.0 Å². The summed E-state index contributed by atoms with van der Waals surface area (Å²) in [6.45, 7) is 5.20. The maximum Gasteiger partial charge on any atom is 0.237 e. The minimum atomic E-state index is -1.57. The molecule has 6 atom stereocenters. The van der Waals surface area contributed by atoms with Gasteiger partial charge < -0.3 is 45.3 Å². The van der Waals surface area contributed by atoms with Crippen LogP contribution in [-0.2, 0) is 25.4 Å². The molecular weight excluding hydrogens is 432 g/mol. The molecule has 0 aromatic heterocycles. The first-order chi connectivity index (χ1) is 15.7. The summed E-state index contributed by atoms with van der Waals surface area (Å²) in [5.74, 6) is -0.466. The van der Waals surface area contributed by atoms with Crippen LogP contribution in [0.4, 0.5) is 0 Å². The van der Waals surface area contributed by atoms with E-state index in [1.807, 2.05) is 30.3 Å². The zero-order valence-electron chi connectivity index (χ0n) is 19.1. The van der Waals surface area contributed by atoms with Crippen LogP contribution < -0.4 is 10.6 Å². The second-order valence-corrected chi connectivity index (χ2v) is 9.46. The molecule has 10 nitrogen and oxygen atoms in total. The Bertz CT molecular complexity index is 739. The molecule has 1 unspecified atom stereocenters. The molecule has 0 bridgehead atoms. The maximum atomic E-state index is 13.1. The molecule has 2 aliphatic heterocycles. The van der Waals surface area contributed by atoms with E-state index in [0.717, 1.165) is 5.56 Å². The van der Waals surface area contributed by atoms with Gasteiger partial charge in [0, 0.05) is 18.4 Å². The lowest BCUT2D eigenvalue weighted by Gasteiger charge is -2.40. The largest absolute Gasteiger partial charge is 0.394 e. The van der Waals surface area contributed by atoms with Crippen molar-refractivity contribution in [2.24, 2.45) is 5.41 Å². The number of rotatable bonds is 9. The average molecular weight is 469 g/mol. The molecule has 33 heavy (non-hydrogen) atoms. The summed E-state index contributed by atoms with van der Waals surface area (Å²) in [5.41, 5.74) is 0.904. The molecule has 1 aromatic rings. The predicted molar refractivity (Wildman–Crippen MR) is 118 cm³/mol. The smallest absolute Gasteiger partial charge is 0.237 e. The van der Waals surface area contributed by atoms with Crippen LogP contribution in [0.3, 0.4) is 0 Å². The van der Waals surface area contributed by atoms with Crippen molar-refractivity contribution in [2.75, 3.05) is 26.4 Å². The lowest BCUT2D eigenvalue weighted by molar-refractivity contribution is -0.254. The molecule has 1 amide bonds. The summed E-state index contributed by atoms with van der Waals surface area (Å²) in [6.07, 6.45) is -5.10. The number of aliphatic hydroxyl groups is 4. The third kappa shape index (κ3) is 7.17. The van der Waals surface area contributed by atoms with Crippen molar-refractivity contribution >= 4 is 5.91 Å². The van der Waals surface area contributed by atoms with Gasteiger partial charge in [0.25, 0.3) is 0 Å². The van der Waals surface area contributed by atoms with E-state index in [0.29, 0.717) is 32.6 Å². The molecule has 0 radical (unpaired) electrons. The number of nitrogens with one attached hydrogen (secondary N) is 2. The summed E-state index contributed by atoms with van der Waals surface area (Å²) >= 11 is 0. The maximum absolute atomic E-state index is 13.1. The Morgan fingerprint density at radius 1 is 1.12 bits per heavy atom. The van der Waals surface area contributed by atoms with Crippen LogP contribution >= 0.6 is 0 Å². The van der Waals surface area contributed by atoms with Gasteiger partial charge in [-0.25, -0.2) is 0 Å². The van der Waals surface area contributed by atoms with Gasteiger partial charge >= 0.3 is 0 Å². The van der Waals surface area contributed by atoms with E-state index in [2.05, 4.69) is 24.5 Å². The summed E-state index contributed by atoms with van der Waals surface area (Å²) in [4.78, 5) is 13.1. The Balaban J connectivity index is 1.60. The first kappa shape index (κ1) is 26.0. The fraction of sp³-hybridized carbons (Fsp3) is 0.696. The van der Waals surface area contributed by atoms with Gasteiger partial charge in [-0.15, -0.1) is 0 Å². The van der Waals surface area contributed by atoms with Gasteiger partial charge in [0.15, 0.2) is 12.6 Å². The molecule has 6 N–H and O–H groups in total. The van der Waals surface area contributed by atoms with E-state index >= 15 is 0 Å². The van der Waals surface area contributed by atoms with Crippen LogP contribution in [0.15, 0.2) is 30.3 Å². The molecule has 1 aromatic carbocycles. The van der Waals surface area contributed by atoms with Gasteiger partial charge in [0.05, 0.1) is 25.9 Å². The van der Waals surface area contributed by atoms with Crippen LogP contribution in [0.5, 0.6) is 0 Å². The number of amides is 1. The van der Waals surface area contributed by atoms with Crippen molar-refractivity contribution in [3.63, 3.8) is 0 Å². The Morgan fingerprint density at radius 2 is 1.79 bits per heavy atom. The van der Waals surface area contributed by atoms with Crippen molar-refractivity contribution in [3.8, 4) is 0 Å². The SMILES string of the molecule is CC1(C)COC(CCN[C@@H](Cc2ccccc2)C(=O)N[C@H]2C(O)O[C@H](CO)[C@@H](O)[C@@H]2O)OC1. The Morgan fingerprint density at radius 3 is 2.42 bits per heavy atom. The number of ether oxygens (including phenoxy) is 3. The van der Waals surface area contributed by atoms with Gasteiger partial charge in [-0.3, -0.25) is 4.79 Å². The molecule has 2 fully saturated rings. The van der Waals surface area contributed by atoms with E-state index in [9.17, 15) is 25.2 Å². The van der Waals surface area contributed by atoms with Crippen molar-refractivity contribution in [1.82, 2.24) is 10.6 Å². The molecule has 10 heteroatoms. The normalized spacial score (nSPS) is 31.2. The number of hydrogen-bond acceptors (Lipinski definition) is 9. The van der Waals surface area contributed by atoms with Crippen molar-refractivity contribution in [2.45, 2.75) is 69.7 Å². The highest BCUT2D eigenvalue weighted by atomic mass is 16.7. The van der Waals surface area contributed by atoms with Gasteiger partial charge in [0.1, 0.15) is 24.4 Å². The highest BCUT2D eigenvalue weighted by molar-refractivity contribution is 5.82. The Kier molecular flexibility index (Phi) is 9.19. The lowest BCUT2D eigenvalue weighted by Crippen LogP contribution is -2.65. The third-order valence-electron chi connectivity index (χ3n) is 5.90. The zero-order chi connectivity index (χ0) is 24.0. The fourth-order valence-corrected chi connectivity index (χ4v) is 3.89. The Hall–Kier alpha value is -1.63. The molecule has 186 valence electrons. The highest BCUT2D eigenvalue weighted by Crippen LogP contribution is 2.24. The first-order valence-electron chi connectivity index (χ1n) is 11.3. The van der Waals surface area contributed by atoms with E-state index in [4.69, 9.17) is 14.2 Å². The van der Waals surface area contributed by atoms with Crippen LogP contribution in [0.25, 0.3) is 0 Å². The highest BCUT2D eigenvalue weighted by Gasteiger charge is 2.44. The quantitative estimate of drug-likeness (QED) is 0.265. The third-order valence-corrected chi connectivity index (χ3v) is 5.90. The Labute approximate surface area is 193 Å². The summed E-state index contributed by atoms with van der Waals surface area (Å²) < 4.78 is 16.6. The minimum absolute atomic E-state index is 0.0248. The topological polar surface area (TPSA) is 150 Å². The van der Waals surface area contributed by atoms with Gasteiger partial charge in [0.2, 0.25) is 5.91 Å². The molecular formula is C23H36N2O8. The van der Waals surface area contributed by atoms with Crippen LogP contribution in [0, 0.1) is 5.41 Å². The van der Waals surface area contributed by atoms with E-state index < -0.39 is 49.2 Å². The monoisotopic (exact) mass is 468 g/mol. The standard InChI is InChI=1S/C23H36N2O8/c1-23(2)12-31-17(32-13-23)8-9-24-15(10-14-6-4-3-5-7-14)21(29)25-18-20(28)19(27)16(11-26)33-22(18)30/h3-7,15-20,22,24,26-28,30H,8-13H2,1-2H3,(H,25,29)/t15-,16+,18+,19+,20+,22?/m0/s1. The molecule has 0 saturated carbocycles. The first-order valence-corrected chi connectivity index (χ1v) is 11.3. The van der Waals surface area contributed by atoms with Crippen LogP contribution in [0.1, 0.15) is 25.8 Å². The number of benzene rings is 1. The number of hydrogen-bond donors (Lipinski definition) is 6. The van der Waals surface area contributed by atoms with Crippen molar-refractivity contribution in [1.29, 1.82) is 0 Å². The van der Waals surface area contributed by atoms with Crippen LogP contribution in [0.2, 0.25) is 0 Å². The molecule has 3 rings (SSSR count). The molecule has 2 aliphatic rings. The van der Waals surface area contributed by atoms with E-state index in [1.165, 1.54) is 0 Å². The zero-order valence-corrected chi connectivity index (χ0v) is 19.1. The summed E-state index contributed by atoms with van der Waals surface area (Å²) in [5, 5.41) is 45.7. The summed E-state index contributed by atoms with van der Waals surface area (Å²) in [6, 6.07) is 7.52. The fourth-order valence-electron chi connectivity index (χ4n) is 3.89. The summed E-state index contributed by atoms with van der Waals surface area (Å²) in [7, 11) is 0. The van der Waals surface area contributed by atoms with Crippen molar-refractivity contribution in [3.05, 3.63) is 35.9 Å². The van der Waals surface area contributed by atoms with Crippen molar-refractivity contribution < 1.29 is 39.4 Å². The lowest BCUT2D eigenvalue weighted by atomic mass is 9.95. The molecule has 0 aliphatic carbocycles. The molecule has 2 saturated heterocycles. The number of carbonyl (C=O) groups excluding carboxylic acids is 1. The second kappa shape index (κ2) is 11.7. The van der Waals surface area contributed by atoms with Gasteiger partial charge in [-0.1, -0.05) is 44.2 Å². The predicted octanol–water partition coefficient (Wildman–Crippen LogP) is -1.11. The second-order valence-electron chi connectivity index (χ2n) is 9.46. The number of carbonyl (C=O) groups is 1. The average Bonchev–Trinajstić information content (AvgIpc) is 2.80. The van der Waals surface area contributed by atoms with Gasteiger partial charge in [-0.2, -0.15) is 0 Å². The minimum Gasteiger partial charge on any atom is -0.394 e. The molecule has 0 spiro atoms. The number of aliphatic hydroxyl groups excluding tert-OH is 4. The molecule has 2 heterocycles. The van der Waals surface area contributed by atoms with E-state index in [-0.39, 0.29) is 11.7 Å². The van der Waals surface area contributed by atoms with E-state index in [1.54, 1.807) is 0 Å². The van der Waals surface area contributed by atoms with Crippen LogP contribution in [-0.4, -0.2) is 95.7 Å².